The van der Waals surface area contributed by atoms with Crippen molar-refractivity contribution in [2.45, 2.75) is 17.3 Å². The van der Waals surface area contributed by atoms with E-state index in [2.05, 4.69) is 20.8 Å². The van der Waals surface area contributed by atoms with Crippen LogP contribution >= 0.6 is 34.7 Å². The number of benzene rings is 1. The fraction of sp³-hybridized carbons (Fsp3) is 0.250. The topological polar surface area (TPSA) is 93.2 Å². The number of nitrogens with one attached hydrogen (secondary N) is 2. The Morgan fingerprint density at radius 1 is 1.38 bits per heavy atom. The molecule has 0 radical (unpaired) electrons. The van der Waals surface area contributed by atoms with Gasteiger partial charge in [0.1, 0.15) is 5.01 Å². The molecule has 136 valence electrons. The molecule has 2 N–H and O–H groups in total. The Hall–Kier alpha value is -2.10. The lowest BCUT2D eigenvalue weighted by molar-refractivity contribution is -0.136. The second-order valence-corrected chi connectivity index (χ2v) is 8.12. The van der Waals surface area contributed by atoms with Crippen molar-refractivity contribution in [1.82, 2.24) is 20.8 Å². The van der Waals surface area contributed by atoms with Crippen molar-refractivity contribution in [1.29, 1.82) is 0 Å². The van der Waals surface area contributed by atoms with E-state index in [4.69, 9.17) is 16.3 Å². The maximum absolute atomic E-state index is 12.4. The Bertz CT molecular complexity index is 884. The Morgan fingerprint density at radius 3 is 2.81 bits per heavy atom. The minimum absolute atomic E-state index is 0.314. The van der Waals surface area contributed by atoms with Gasteiger partial charge in [-0.1, -0.05) is 52.9 Å². The summed E-state index contributed by atoms with van der Waals surface area (Å²) in [6.07, 6.45) is 0. The number of esters is 1. The zero-order valence-electron chi connectivity index (χ0n) is 13.9. The van der Waals surface area contributed by atoms with Gasteiger partial charge in [-0.2, -0.15) is 0 Å². The van der Waals surface area contributed by atoms with Crippen molar-refractivity contribution < 1.29 is 14.3 Å². The SMILES string of the molecule is COC(=O)C1=C(CSc2nnc(C)s2)NC(=O)N[C@@H]1c1ccccc1Cl. The summed E-state index contributed by atoms with van der Waals surface area (Å²) in [4.78, 5) is 24.6. The van der Waals surface area contributed by atoms with Crippen molar-refractivity contribution >= 4 is 46.7 Å². The number of halogens is 1. The van der Waals surface area contributed by atoms with Crippen LogP contribution < -0.4 is 10.6 Å². The van der Waals surface area contributed by atoms with Crippen LogP contribution in [0.2, 0.25) is 5.02 Å². The van der Waals surface area contributed by atoms with E-state index in [0.717, 1.165) is 9.35 Å². The summed E-state index contributed by atoms with van der Waals surface area (Å²) in [5.74, 6) is -0.195. The molecule has 2 heterocycles. The number of thioether (sulfide) groups is 1. The number of hydrogen-bond acceptors (Lipinski definition) is 7. The van der Waals surface area contributed by atoms with Gasteiger partial charge in [0.15, 0.2) is 4.34 Å². The molecule has 0 spiro atoms. The number of rotatable bonds is 5. The van der Waals surface area contributed by atoms with Gasteiger partial charge in [0.25, 0.3) is 0 Å². The van der Waals surface area contributed by atoms with Gasteiger partial charge in [0.2, 0.25) is 0 Å². The highest BCUT2D eigenvalue weighted by atomic mass is 35.5. The van der Waals surface area contributed by atoms with Gasteiger partial charge >= 0.3 is 12.0 Å². The molecule has 1 aliphatic rings. The first-order valence-corrected chi connectivity index (χ1v) is 9.73. The molecular weight excluding hydrogens is 396 g/mol. The molecule has 2 aromatic rings. The first-order chi connectivity index (χ1) is 12.5. The summed E-state index contributed by atoms with van der Waals surface area (Å²) in [6, 6.07) is 5.94. The Balaban J connectivity index is 1.98. The summed E-state index contributed by atoms with van der Waals surface area (Å²) in [6.45, 7) is 1.86. The molecule has 3 rings (SSSR count). The second kappa shape index (κ2) is 8.07. The van der Waals surface area contributed by atoms with E-state index >= 15 is 0 Å². The average molecular weight is 411 g/mol. The molecule has 1 atom stereocenters. The van der Waals surface area contributed by atoms with Gasteiger partial charge in [-0.15, -0.1) is 10.2 Å². The van der Waals surface area contributed by atoms with Crippen LogP contribution in [0.4, 0.5) is 4.79 Å². The maximum atomic E-state index is 12.4. The lowest BCUT2D eigenvalue weighted by Gasteiger charge is -2.29. The fourth-order valence-corrected chi connectivity index (χ4v) is 4.53. The number of urea groups is 1. The van der Waals surface area contributed by atoms with Crippen LogP contribution in [0.25, 0.3) is 0 Å². The number of ether oxygens (including phenoxy) is 1. The monoisotopic (exact) mass is 410 g/mol. The minimum atomic E-state index is -0.698. The number of nitrogens with zero attached hydrogens (tertiary/aromatic N) is 2. The Kier molecular flexibility index (Phi) is 5.80. The number of carbonyl (C=O) groups is 2. The van der Waals surface area contributed by atoms with Crippen molar-refractivity contribution in [2.75, 3.05) is 12.9 Å². The van der Waals surface area contributed by atoms with Crippen LogP contribution in [0.3, 0.4) is 0 Å². The van der Waals surface area contributed by atoms with E-state index in [-0.39, 0.29) is 0 Å². The van der Waals surface area contributed by atoms with Crippen LogP contribution in [0.1, 0.15) is 16.6 Å². The van der Waals surface area contributed by atoms with E-state index < -0.39 is 18.0 Å². The molecule has 1 aromatic heterocycles. The quantitative estimate of drug-likeness (QED) is 0.581. The highest BCUT2D eigenvalue weighted by Crippen LogP contribution is 2.34. The molecule has 0 fully saturated rings. The molecule has 1 aliphatic heterocycles. The first kappa shape index (κ1) is 18.7. The van der Waals surface area contributed by atoms with Gasteiger partial charge in [-0.25, -0.2) is 9.59 Å². The van der Waals surface area contributed by atoms with Crippen molar-refractivity contribution in [3.63, 3.8) is 0 Å². The van der Waals surface area contributed by atoms with Crippen LogP contribution in [0.15, 0.2) is 39.9 Å². The lowest BCUT2D eigenvalue weighted by atomic mass is 9.95. The minimum Gasteiger partial charge on any atom is -0.466 e. The number of amides is 2. The standard InChI is InChI=1S/C16H15ClN4O3S2/c1-8-20-21-16(26-8)25-7-11-12(14(22)24-2)13(19-15(23)18-11)9-5-3-4-6-10(9)17/h3-6,13H,7H2,1-2H3,(H2,18,19,23)/t13-/m1/s1. The Labute approximate surface area is 163 Å². The largest absolute Gasteiger partial charge is 0.466 e. The number of aryl methyl sites for hydroxylation is 1. The van der Waals surface area contributed by atoms with E-state index in [9.17, 15) is 9.59 Å². The molecule has 26 heavy (non-hydrogen) atoms. The summed E-state index contributed by atoms with van der Waals surface area (Å²) in [5.41, 5.74) is 1.40. The number of hydrogen-bond donors (Lipinski definition) is 2. The van der Waals surface area contributed by atoms with Crippen molar-refractivity contribution in [2.24, 2.45) is 0 Å². The predicted octanol–water partition coefficient (Wildman–Crippen LogP) is 3.07. The molecule has 1 aromatic carbocycles. The van der Waals surface area contributed by atoms with Crippen molar-refractivity contribution in [3.05, 3.63) is 51.1 Å². The summed E-state index contributed by atoms with van der Waals surface area (Å²) >= 11 is 9.10. The summed E-state index contributed by atoms with van der Waals surface area (Å²) < 4.78 is 5.69. The normalized spacial score (nSPS) is 16.9. The molecule has 7 nitrogen and oxygen atoms in total. The van der Waals surface area contributed by atoms with Gasteiger partial charge < -0.3 is 15.4 Å². The van der Waals surface area contributed by atoms with Crippen molar-refractivity contribution in [3.8, 4) is 0 Å². The van der Waals surface area contributed by atoms with E-state index in [1.807, 2.05) is 6.92 Å². The van der Waals surface area contributed by atoms with E-state index in [0.29, 0.717) is 27.6 Å². The second-order valence-electron chi connectivity index (χ2n) is 5.31. The zero-order chi connectivity index (χ0) is 18.7. The summed E-state index contributed by atoms with van der Waals surface area (Å²) in [7, 11) is 1.30. The fourth-order valence-electron chi connectivity index (χ4n) is 2.50. The molecule has 0 saturated heterocycles. The summed E-state index contributed by atoms with van der Waals surface area (Å²) in [5, 5.41) is 14.7. The van der Waals surface area contributed by atoms with Crippen LogP contribution in [0, 0.1) is 6.92 Å². The molecule has 2 amide bonds. The zero-order valence-corrected chi connectivity index (χ0v) is 16.3. The number of aromatic nitrogens is 2. The third kappa shape index (κ3) is 4.00. The molecule has 10 heteroatoms. The average Bonchev–Trinajstić information content (AvgIpc) is 3.04. The number of carbonyl (C=O) groups excluding carboxylic acids is 2. The predicted molar refractivity (Wildman–Crippen MR) is 100 cm³/mol. The third-order valence-corrected chi connectivity index (χ3v) is 5.97. The van der Waals surface area contributed by atoms with Gasteiger partial charge in [0, 0.05) is 16.5 Å². The third-order valence-electron chi connectivity index (χ3n) is 3.62. The highest BCUT2D eigenvalue weighted by Gasteiger charge is 2.34. The van der Waals surface area contributed by atoms with Crippen LogP contribution in [0.5, 0.6) is 0 Å². The number of methoxy groups -OCH3 is 1. The van der Waals surface area contributed by atoms with Gasteiger partial charge in [-0.3, -0.25) is 0 Å². The Morgan fingerprint density at radius 2 is 2.15 bits per heavy atom. The van der Waals surface area contributed by atoms with Crippen LogP contribution in [-0.2, 0) is 9.53 Å². The van der Waals surface area contributed by atoms with E-state index in [1.54, 1.807) is 24.3 Å². The van der Waals surface area contributed by atoms with E-state index in [1.165, 1.54) is 30.2 Å². The smallest absolute Gasteiger partial charge is 0.338 e. The molecule has 0 unspecified atom stereocenters. The van der Waals surface area contributed by atoms with Crippen LogP contribution in [-0.4, -0.2) is 35.1 Å². The maximum Gasteiger partial charge on any atom is 0.338 e. The molecule has 0 bridgehead atoms. The van der Waals surface area contributed by atoms with Gasteiger partial charge in [0.05, 0.1) is 18.7 Å². The molecular formula is C16H15ClN4O3S2. The van der Waals surface area contributed by atoms with Gasteiger partial charge in [-0.05, 0) is 18.6 Å². The lowest BCUT2D eigenvalue weighted by Crippen LogP contribution is -2.46. The molecule has 0 aliphatic carbocycles. The molecule has 0 saturated carbocycles. The highest BCUT2D eigenvalue weighted by molar-refractivity contribution is 8.01. The first-order valence-electron chi connectivity index (χ1n) is 7.55.